The molecule has 0 aliphatic carbocycles. The lowest BCUT2D eigenvalue weighted by molar-refractivity contribution is -0.0906. The molecule has 0 aromatic heterocycles. The molecular weight excluding hydrogens is 373 g/mol. The first kappa shape index (κ1) is 19.9. The highest BCUT2D eigenvalue weighted by Gasteiger charge is 2.37. The highest BCUT2D eigenvalue weighted by molar-refractivity contribution is 6.32. The second-order valence-electron chi connectivity index (χ2n) is 7.83. The van der Waals surface area contributed by atoms with Crippen LogP contribution in [0.1, 0.15) is 38.0 Å². The first-order valence-electron chi connectivity index (χ1n) is 8.91. The van der Waals surface area contributed by atoms with Gasteiger partial charge in [0.1, 0.15) is 23.1 Å². The van der Waals surface area contributed by atoms with Crippen LogP contribution in [-0.4, -0.2) is 60.3 Å². The second kappa shape index (κ2) is 7.63. The third kappa shape index (κ3) is 4.34. The van der Waals surface area contributed by atoms with Crippen LogP contribution in [0.2, 0.25) is 5.02 Å². The van der Waals surface area contributed by atoms with Crippen LogP contribution in [0.25, 0.3) is 0 Å². The smallest absolute Gasteiger partial charge is 0.410 e. The predicted octanol–water partition coefficient (Wildman–Crippen LogP) is 3.34. The number of halogens is 2. The molecule has 0 bridgehead atoms. The van der Waals surface area contributed by atoms with Gasteiger partial charge in [-0.3, -0.25) is 4.90 Å². The Bertz CT molecular complexity index is 775. The summed E-state index contributed by atoms with van der Waals surface area (Å²) in [6.07, 6.45) is -0.654. The quantitative estimate of drug-likeness (QED) is 0.729. The minimum absolute atomic E-state index is 0.0668. The fourth-order valence-electron chi connectivity index (χ4n) is 3.38. The summed E-state index contributed by atoms with van der Waals surface area (Å²) in [4.78, 5) is 16.2. The summed E-state index contributed by atoms with van der Waals surface area (Å²) in [6.45, 7) is 8.31. The average Bonchev–Trinajstić information content (AvgIpc) is 2.60. The van der Waals surface area contributed by atoms with E-state index < -0.39 is 11.4 Å². The lowest BCUT2D eigenvalue weighted by Crippen LogP contribution is -2.60. The Balaban J connectivity index is 1.67. The molecule has 146 valence electrons. The maximum absolute atomic E-state index is 13.7. The van der Waals surface area contributed by atoms with Crippen LogP contribution in [0.15, 0.2) is 12.1 Å². The number of rotatable bonds is 1. The van der Waals surface area contributed by atoms with Gasteiger partial charge in [0, 0.05) is 31.7 Å². The molecule has 2 heterocycles. The topological polar surface area (TPSA) is 65.8 Å². The number of piperazine rings is 1. The Morgan fingerprint density at radius 1 is 1.37 bits per heavy atom. The molecule has 2 fully saturated rings. The normalized spacial score (nSPS) is 23.5. The fraction of sp³-hybridized carbons (Fsp3) is 0.579. The Hall–Kier alpha value is -1.88. The van der Waals surface area contributed by atoms with Crippen LogP contribution in [0.5, 0.6) is 0 Å². The molecule has 2 atom stereocenters. The second-order valence-corrected chi connectivity index (χ2v) is 8.21. The van der Waals surface area contributed by atoms with Gasteiger partial charge < -0.3 is 14.4 Å². The molecule has 3 rings (SSSR count). The van der Waals surface area contributed by atoms with E-state index in [4.69, 9.17) is 26.3 Å². The fourth-order valence-corrected chi connectivity index (χ4v) is 3.70. The SMILES string of the molecule is CC(C)(C)OC(=O)N1CCN2C[C@@H](c3ccc(F)c(C#N)c3Cl)OC[C@H]2C1. The molecule has 2 aliphatic rings. The minimum atomic E-state index is -0.633. The molecule has 1 aromatic rings. The Kier molecular flexibility index (Phi) is 5.61. The van der Waals surface area contributed by atoms with Crippen LogP contribution >= 0.6 is 11.6 Å². The summed E-state index contributed by atoms with van der Waals surface area (Å²) in [6, 6.07) is 4.68. The van der Waals surface area contributed by atoms with Crippen molar-refractivity contribution in [2.45, 2.75) is 38.5 Å². The number of nitriles is 1. The van der Waals surface area contributed by atoms with Crippen LogP contribution in [0, 0.1) is 17.1 Å². The third-order valence-electron chi connectivity index (χ3n) is 4.73. The number of fused-ring (bicyclic) bond motifs is 1. The van der Waals surface area contributed by atoms with Gasteiger partial charge in [0.15, 0.2) is 0 Å². The van der Waals surface area contributed by atoms with Gasteiger partial charge in [-0.25, -0.2) is 9.18 Å². The monoisotopic (exact) mass is 395 g/mol. The number of hydrogen-bond donors (Lipinski definition) is 0. The minimum Gasteiger partial charge on any atom is -0.444 e. The van der Waals surface area contributed by atoms with Crippen molar-refractivity contribution >= 4 is 17.7 Å². The average molecular weight is 396 g/mol. The predicted molar refractivity (Wildman–Crippen MR) is 98.0 cm³/mol. The summed E-state index contributed by atoms with van der Waals surface area (Å²) in [5, 5.41) is 9.20. The van der Waals surface area contributed by atoms with Crippen molar-refractivity contribution in [3.8, 4) is 6.07 Å². The molecule has 27 heavy (non-hydrogen) atoms. The van der Waals surface area contributed by atoms with Gasteiger partial charge in [-0.1, -0.05) is 17.7 Å². The van der Waals surface area contributed by atoms with E-state index in [1.54, 1.807) is 17.0 Å². The van der Waals surface area contributed by atoms with E-state index in [9.17, 15) is 9.18 Å². The molecule has 6 nitrogen and oxygen atoms in total. The molecule has 1 aromatic carbocycles. The summed E-state index contributed by atoms with van der Waals surface area (Å²) >= 11 is 6.22. The molecular formula is C19H23ClFN3O3. The molecule has 0 spiro atoms. The van der Waals surface area contributed by atoms with Crippen LogP contribution < -0.4 is 0 Å². The van der Waals surface area contributed by atoms with Crippen molar-refractivity contribution in [2.75, 3.05) is 32.8 Å². The number of amides is 1. The Morgan fingerprint density at radius 3 is 2.78 bits per heavy atom. The van der Waals surface area contributed by atoms with Gasteiger partial charge in [0.25, 0.3) is 0 Å². The number of ether oxygens (including phenoxy) is 2. The van der Waals surface area contributed by atoms with Gasteiger partial charge in [0.2, 0.25) is 0 Å². The van der Waals surface area contributed by atoms with Gasteiger partial charge in [-0.15, -0.1) is 0 Å². The molecule has 2 saturated heterocycles. The lowest BCUT2D eigenvalue weighted by atomic mass is 10.0. The van der Waals surface area contributed by atoms with Crippen LogP contribution in [0.3, 0.4) is 0 Å². The third-order valence-corrected chi connectivity index (χ3v) is 5.13. The zero-order valence-corrected chi connectivity index (χ0v) is 16.4. The molecule has 0 N–H and O–H groups in total. The largest absolute Gasteiger partial charge is 0.444 e. The Morgan fingerprint density at radius 2 is 2.11 bits per heavy atom. The lowest BCUT2D eigenvalue weighted by Gasteiger charge is -2.46. The van der Waals surface area contributed by atoms with E-state index in [0.29, 0.717) is 38.3 Å². The summed E-state index contributed by atoms with van der Waals surface area (Å²) in [5.41, 5.74) is -0.0718. The molecule has 2 aliphatic heterocycles. The number of carbonyl (C=O) groups is 1. The van der Waals surface area contributed by atoms with Crippen LogP contribution in [-0.2, 0) is 9.47 Å². The first-order valence-corrected chi connectivity index (χ1v) is 9.29. The molecule has 8 heteroatoms. The zero-order chi connectivity index (χ0) is 19.8. The van der Waals surface area contributed by atoms with Gasteiger partial charge >= 0.3 is 6.09 Å². The van der Waals surface area contributed by atoms with Crippen molar-refractivity contribution in [3.63, 3.8) is 0 Å². The maximum Gasteiger partial charge on any atom is 0.410 e. The van der Waals surface area contributed by atoms with E-state index in [1.165, 1.54) is 6.07 Å². The summed E-state index contributed by atoms with van der Waals surface area (Å²) < 4.78 is 25.1. The molecule has 0 radical (unpaired) electrons. The first-order chi connectivity index (χ1) is 12.7. The number of benzene rings is 1. The van der Waals surface area contributed by atoms with E-state index in [-0.39, 0.29) is 28.8 Å². The highest BCUT2D eigenvalue weighted by Crippen LogP contribution is 2.34. The summed E-state index contributed by atoms with van der Waals surface area (Å²) in [7, 11) is 0. The van der Waals surface area contributed by atoms with Crippen molar-refractivity contribution in [2.24, 2.45) is 0 Å². The van der Waals surface area contributed by atoms with Crippen LogP contribution in [0.4, 0.5) is 9.18 Å². The summed E-state index contributed by atoms with van der Waals surface area (Å²) in [5.74, 6) is -0.633. The number of hydrogen-bond acceptors (Lipinski definition) is 5. The number of carbonyl (C=O) groups excluding carboxylic acids is 1. The number of morpholine rings is 1. The standard InChI is InChI=1S/C19H23ClFN3O3/c1-19(2,3)27-18(25)24-7-6-23-10-16(26-11-12(23)9-24)13-4-5-15(21)14(8-22)17(13)20/h4-5,12,16H,6-7,9-11H2,1-3H3/t12-,16+/m1/s1. The van der Waals surface area contributed by atoms with E-state index >= 15 is 0 Å². The van der Waals surface area contributed by atoms with Gasteiger partial charge in [0.05, 0.1) is 23.8 Å². The number of nitrogens with zero attached hydrogens (tertiary/aromatic N) is 3. The van der Waals surface area contributed by atoms with Crippen molar-refractivity contribution in [1.82, 2.24) is 9.80 Å². The van der Waals surface area contributed by atoms with Crippen molar-refractivity contribution in [3.05, 3.63) is 34.1 Å². The zero-order valence-electron chi connectivity index (χ0n) is 15.7. The van der Waals surface area contributed by atoms with E-state index in [0.717, 1.165) is 0 Å². The van der Waals surface area contributed by atoms with E-state index in [2.05, 4.69) is 4.90 Å². The van der Waals surface area contributed by atoms with Gasteiger partial charge in [-0.05, 0) is 26.8 Å². The molecule has 0 unspecified atom stereocenters. The van der Waals surface area contributed by atoms with Gasteiger partial charge in [-0.2, -0.15) is 5.26 Å². The van der Waals surface area contributed by atoms with Crippen molar-refractivity contribution < 1.29 is 18.7 Å². The van der Waals surface area contributed by atoms with E-state index in [1.807, 2.05) is 20.8 Å². The highest BCUT2D eigenvalue weighted by atomic mass is 35.5. The molecule has 1 amide bonds. The Labute approximate surface area is 163 Å². The van der Waals surface area contributed by atoms with Crippen molar-refractivity contribution in [1.29, 1.82) is 5.26 Å². The maximum atomic E-state index is 13.7. The molecule has 0 saturated carbocycles.